The second kappa shape index (κ2) is 5.27. The molecule has 1 amide bonds. The number of carbonyl (C=O) groups is 1. The second-order valence-corrected chi connectivity index (χ2v) is 5.28. The number of hydrogen-bond donors (Lipinski definition) is 1. The lowest BCUT2D eigenvalue weighted by Gasteiger charge is -2.05. The van der Waals surface area contributed by atoms with Gasteiger partial charge in [-0.1, -0.05) is 25.4 Å². The van der Waals surface area contributed by atoms with Crippen LogP contribution >= 0.6 is 22.9 Å². The first-order chi connectivity index (χ1) is 7.41. The number of nitro groups is 1. The van der Waals surface area contributed by atoms with Crippen molar-refractivity contribution < 1.29 is 9.72 Å². The quantitative estimate of drug-likeness (QED) is 0.670. The van der Waals surface area contributed by atoms with Crippen LogP contribution in [0.4, 0.5) is 5.69 Å². The molecule has 1 aromatic heterocycles. The first kappa shape index (κ1) is 12.9. The Kier molecular flexibility index (Phi) is 4.26. The van der Waals surface area contributed by atoms with Crippen molar-refractivity contribution in [3.8, 4) is 0 Å². The molecule has 1 rings (SSSR count). The Hall–Kier alpha value is -1.14. The Morgan fingerprint density at radius 1 is 1.69 bits per heavy atom. The van der Waals surface area contributed by atoms with E-state index >= 15 is 0 Å². The monoisotopic (exact) mass is 262 g/mol. The van der Waals surface area contributed by atoms with Crippen molar-refractivity contribution >= 4 is 34.5 Å². The fraction of sp³-hybridized carbons (Fsp3) is 0.444. The van der Waals surface area contributed by atoms with Gasteiger partial charge in [-0.15, -0.1) is 11.3 Å². The Bertz CT molecular complexity index is 417. The van der Waals surface area contributed by atoms with Crippen LogP contribution in [0, 0.1) is 16.0 Å². The summed E-state index contributed by atoms with van der Waals surface area (Å²) < 4.78 is 0.0275. The van der Waals surface area contributed by atoms with Crippen molar-refractivity contribution in [1.82, 2.24) is 5.32 Å². The van der Waals surface area contributed by atoms with Crippen molar-refractivity contribution in [2.75, 3.05) is 6.54 Å². The van der Waals surface area contributed by atoms with E-state index in [1.54, 1.807) is 0 Å². The van der Waals surface area contributed by atoms with Crippen LogP contribution in [0.15, 0.2) is 6.07 Å². The Balaban J connectivity index is 2.77. The normalized spacial score (nSPS) is 10.5. The average Bonchev–Trinajstić information content (AvgIpc) is 2.56. The van der Waals surface area contributed by atoms with E-state index in [2.05, 4.69) is 5.32 Å². The molecule has 0 saturated heterocycles. The molecule has 1 aromatic rings. The van der Waals surface area contributed by atoms with E-state index in [0.29, 0.717) is 12.5 Å². The zero-order valence-corrected chi connectivity index (χ0v) is 10.4. The summed E-state index contributed by atoms with van der Waals surface area (Å²) in [5.41, 5.74) is -0.221. The summed E-state index contributed by atoms with van der Waals surface area (Å²) in [6.45, 7) is 4.45. The minimum absolute atomic E-state index is 0.0275. The van der Waals surface area contributed by atoms with Gasteiger partial charge in [-0.25, -0.2) is 0 Å². The zero-order chi connectivity index (χ0) is 12.3. The standard InChI is InChI=1S/C9H11ClN2O3S/c1-5(2)4-11-9(13)7-3-6(12(14)15)8(10)16-7/h3,5H,4H2,1-2H3,(H,11,13). The molecule has 0 bridgehead atoms. The molecule has 0 saturated carbocycles. The van der Waals surface area contributed by atoms with Gasteiger partial charge >= 0.3 is 0 Å². The van der Waals surface area contributed by atoms with Crippen molar-refractivity contribution in [2.24, 2.45) is 5.92 Å². The fourth-order valence-corrected chi connectivity index (χ4v) is 2.12. The topological polar surface area (TPSA) is 72.2 Å². The Labute approximate surface area is 102 Å². The fourth-order valence-electron chi connectivity index (χ4n) is 0.980. The number of amides is 1. The zero-order valence-electron chi connectivity index (χ0n) is 8.82. The molecule has 0 spiro atoms. The molecular formula is C9H11ClN2O3S. The van der Waals surface area contributed by atoms with Crippen molar-refractivity contribution in [1.29, 1.82) is 0 Å². The van der Waals surface area contributed by atoms with Gasteiger partial charge in [-0.2, -0.15) is 0 Å². The molecule has 0 aromatic carbocycles. The molecule has 0 unspecified atom stereocenters. The largest absolute Gasteiger partial charge is 0.351 e. The summed E-state index contributed by atoms with van der Waals surface area (Å²) in [6, 6.07) is 1.20. The van der Waals surface area contributed by atoms with Crippen LogP contribution < -0.4 is 5.32 Å². The van der Waals surface area contributed by atoms with Crippen molar-refractivity contribution in [2.45, 2.75) is 13.8 Å². The molecular weight excluding hydrogens is 252 g/mol. The highest BCUT2D eigenvalue weighted by Crippen LogP contribution is 2.33. The summed E-state index contributed by atoms with van der Waals surface area (Å²) in [5, 5.41) is 13.2. The smallest absolute Gasteiger partial charge is 0.299 e. The van der Waals surface area contributed by atoms with Crippen LogP contribution in [0.25, 0.3) is 0 Å². The van der Waals surface area contributed by atoms with Crippen LogP contribution in [0.2, 0.25) is 4.34 Å². The molecule has 0 aliphatic rings. The maximum absolute atomic E-state index is 11.6. The third-order valence-corrected chi connectivity index (χ3v) is 3.10. The van der Waals surface area contributed by atoms with E-state index in [-0.39, 0.29) is 20.8 Å². The molecule has 88 valence electrons. The third kappa shape index (κ3) is 3.18. The second-order valence-electron chi connectivity index (χ2n) is 3.63. The lowest BCUT2D eigenvalue weighted by atomic mass is 10.2. The van der Waals surface area contributed by atoms with E-state index in [9.17, 15) is 14.9 Å². The van der Waals surface area contributed by atoms with Gasteiger partial charge in [0.05, 0.1) is 4.92 Å². The van der Waals surface area contributed by atoms with E-state index in [1.807, 2.05) is 13.8 Å². The average molecular weight is 263 g/mol. The van der Waals surface area contributed by atoms with E-state index < -0.39 is 4.92 Å². The van der Waals surface area contributed by atoms with Gasteiger partial charge in [0.1, 0.15) is 4.88 Å². The lowest BCUT2D eigenvalue weighted by molar-refractivity contribution is -0.384. The maximum atomic E-state index is 11.6. The molecule has 0 atom stereocenters. The maximum Gasteiger partial charge on any atom is 0.299 e. The van der Waals surface area contributed by atoms with Crippen LogP contribution in [0.1, 0.15) is 23.5 Å². The SMILES string of the molecule is CC(C)CNC(=O)c1cc([N+](=O)[O-])c(Cl)s1. The number of rotatable bonds is 4. The highest BCUT2D eigenvalue weighted by atomic mass is 35.5. The summed E-state index contributed by atoms with van der Waals surface area (Å²) in [6.07, 6.45) is 0. The Morgan fingerprint density at radius 3 is 2.75 bits per heavy atom. The van der Waals surface area contributed by atoms with Crippen LogP contribution in [0.5, 0.6) is 0 Å². The predicted molar refractivity (Wildman–Crippen MR) is 63.2 cm³/mol. The predicted octanol–water partition coefficient (Wildman–Crippen LogP) is 2.70. The van der Waals surface area contributed by atoms with Crippen LogP contribution in [-0.2, 0) is 0 Å². The molecule has 16 heavy (non-hydrogen) atoms. The molecule has 0 aliphatic heterocycles. The van der Waals surface area contributed by atoms with Gasteiger partial charge in [0.2, 0.25) is 0 Å². The summed E-state index contributed by atoms with van der Waals surface area (Å²) in [5.74, 6) is 0.00284. The highest BCUT2D eigenvalue weighted by Gasteiger charge is 2.20. The van der Waals surface area contributed by atoms with E-state index in [0.717, 1.165) is 11.3 Å². The molecule has 1 heterocycles. The third-order valence-electron chi connectivity index (χ3n) is 1.76. The number of nitrogens with one attached hydrogen (secondary N) is 1. The number of thiophene rings is 1. The van der Waals surface area contributed by atoms with Gasteiger partial charge in [0.15, 0.2) is 4.34 Å². The molecule has 0 radical (unpaired) electrons. The van der Waals surface area contributed by atoms with Gasteiger partial charge in [-0.05, 0) is 5.92 Å². The molecule has 5 nitrogen and oxygen atoms in total. The summed E-state index contributed by atoms with van der Waals surface area (Å²) in [7, 11) is 0. The number of halogens is 1. The molecule has 0 aliphatic carbocycles. The highest BCUT2D eigenvalue weighted by molar-refractivity contribution is 7.18. The van der Waals surface area contributed by atoms with E-state index in [1.165, 1.54) is 6.07 Å². The van der Waals surface area contributed by atoms with Gasteiger partial charge in [-0.3, -0.25) is 14.9 Å². The minimum Gasteiger partial charge on any atom is -0.351 e. The van der Waals surface area contributed by atoms with Crippen LogP contribution in [0.3, 0.4) is 0 Å². The molecule has 0 fully saturated rings. The first-order valence-corrected chi connectivity index (χ1v) is 5.83. The molecule has 7 heteroatoms. The van der Waals surface area contributed by atoms with Gasteiger partial charge in [0, 0.05) is 12.6 Å². The minimum atomic E-state index is -0.599. The van der Waals surface area contributed by atoms with Crippen molar-refractivity contribution in [3.05, 3.63) is 25.4 Å². The molecule has 1 N–H and O–H groups in total. The summed E-state index contributed by atoms with van der Waals surface area (Å²) >= 11 is 6.56. The van der Waals surface area contributed by atoms with Crippen molar-refractivity contribution in [3.63, 3.8) is 0 Å². The summed E-state index contributed by atoms with van der Waals surface area (Å²) in [4.78, 5) is 21.7. The van der Waals surface area contributed by atoms with Crippen LogP contribution in [-0.4, -0.2) is 17.4 Å². The Morgan fingerprint density at radius 2 is 2.31 bits per heavy atom. The van der Waals surface area contributed by atoms with Gasteiger partial charge in [0.25, 0.3) is 11.6 Å². The number of nitrogens with zero attached hydrogens (tertiary/aromatic N) is 1. The number of hydrogen-bond acceptors (Lipinski definition) is 4. The van der Waals surface area contributed by atoms with Gasteiger partial charge < -0.3 is 5.32 Å². The van der Waals surface area contributed by atoms with E-state index in [4.69, 9.17) is 11.6 Å². The first-order valence-electron chi connectivity index (χ1n) is 4.63. The lowest BCUT2D eigenvalue weighted by Crippen LogP contribution is -2.26. The number of carbonyl (C=O) groups excluding carboxylic acids is 1.